The molecule has 1 aromatic heterocycles. The number of thioether (sulfide) groups is 1. The zero-order valence-electron chi connectivity index (χ0n) is 42.0. The summed E-state index contributed by atoms with van der Waals surface area (Å²) in [6.45, 7) is 11.2. The van der Waals surface area contributed by atoms with E-state index in [2.05, 4.69) is 50.6 Å². The fourth-order valence-electron chi connectivity index (χ4n) is 10.5. The highest BCUT2D eigenvalue weighted by Crippen LogP contribution is 2.56. The van der Waals surface area contributed by atoms with Gasteiger partial charge in [-0.1, -0.05) is 54.1 Å². The van der Waals surface area contributed by atoms with E-state index in [1.54, 1.807) is 28.6 Å². The number of nitrogens with one attached hydrogen (secondary N) is 1. The number of likely N-dealkylation sites (tertiary alicyclic amines) is 1. The van der Waals surface area contributed by atoms with Crippen molar-refractivity contribution in [3.05, 3.63) is 148 Å². The van der Waals surface area contributed by atoms with E-state index >= 15 is 0 Å². The molecule has 21 heteroatoms. The van der Waals surface area contributed by atoms with Crippen LogP contribution in [0.4, 0.5) is 28.4 Å². The first-order chi connectivity index (χ1) is 36.0. The van der Waals surface area contributed by atoms with Gasteiger partial charge in [0.25, 0.3) is 5.69 Å². The molecule has 0 bridgehead atoms. The number of rotatable bonds is 19. The Balaban J connectivity index is 0.873. The van der Waals surface area contributed by atoms with Crippen LogP contribution in [0, 0.1) is 17.0 Å². The van der Waals surface area contributed by atoms with Gasteiger partial charge in [0.2, 0.25) is 0 Å². The van der Waals surface area contributed by atoms with Crippen molar-refractivity contribution in [1.82, 2.24) is 9.47 Å². The normalized spacial score (nSPS) is 18.2. The van der Waals surface area contributed by atoms with E-state index in [9.17, 15) is 38.9 Å². The van der Waals surface area contributed by atoms with E-state index in [0.29, 0.717) is 78.8 Å². The van der Waals surface area contributed by atoms with Crippen LogP contribution < -0.4 is 25.1 Å². The lowest BCUT2D eigenvalue weighted by Crippen LogP contribution is -2.46. The second kappa shape index (κ2) is 23.3. The van der Waals surface area contributed by atoms with Gasteiger partial charge in [0, 0.05) is 108 Å². The number of piperazine rings is 1. The third-order valence-corrected chi connectivity index (χ3v) is 18.7. The monoisotopic (exact) mass is 1100 g/mol. The second-order valence-electron chi connectivity index (χ2n) is 19.3. The van der Waals surface area contributed by atoms with Gasteiger partial charge in [-0.25, -0.2) is 9.36 Å². The Labute approximate surface area is 446 Å². The summed E-state index contributed by atoms with van der Waals surface area (Å²) < 4.78 is 41.1. The van der Waals surface area contributed by atoms with Crippen molar-refractivity contribution < 1.29 is 42.8 Å². The first-order valence-corrected chi connectivity index (χ1v) is 29.6. The molecule has 4 N–H and O–H groups in total. The summed E-state index contributed by atoms with van der Waals surface area (Å²) in [7, 11) is -8.33. The lowest BCUT2D eigenvalue weighted by atomic mass is 9.96. The number of piperidine rings is 1. The second-order valence-corrected chi connectivity index (χ2v) is 24.3. The summed E-state index contributed by atoms with van der Waals surface area (Å²) in [6, 6.07) is 37.8. The van der Waals surface area contributed by atoms with E-state index in [1.807, 2.05) is 97.9 Å². The third kappa shape index (κ3) is 12.5. The quantitative estimate of drug-likeness (QED) is 0.0258. The zero-order chi connectivity index (χ0) is 53.0. The number of aromatic carboxylic acids is 1. The summed E-state index contributed by atoms with van der Waals surface area (Å²) in [5.74, 6) is -0.374. The Morgan fingerprint density at radius 3 is 2.17 bits per heavy atom. The van der Waals surface area contributed by atoms with Crippen LogP contribution in [0.25, 0.3) is 22.4 Å². The van der Waals surface area contributed by atoms with E-state index in [0.717, 1.165) is 59.3 Å². The van der Waals surface area contributed by atoms with Crippen LogP contribution in [0.2, 0.25) is 5.02 Å². The first kappa shape index (κ1) is 54.2. The smallest absolute Gasteiger partial charge is 0.469 e. The lowest BCUT2D eigenvalue weighted by molar-refractivity contribution is -0.383. The molecule has 3 fully saturated rings. The molecule has 396 valence electrons. The zero-order valence-corrected chi connectivity index (χ0v) is 45.4. The Morgan fingerprint density at radius 2 is 1.53 bits per heavy atom. The van der Waals surface area contributed by atoms with Crippen molar-refractivity contribution in [1.29, 1.82) is 0 Å². The van der Waals surface area contributed by atoms with E-state index in [4.69, 9.17) is 20.6 Å². The highest BCUT2D eigenvalue weighted by atomic mass is 35.5. The molecular weight excluding hydrogens is 1040 g/mol. The van der Waals surface area contributed by atoms with Gasteiger partial charge in [-0.05, 0) is 124 Å². The predicted octanol–water partition coefficient (Wildman–Crippen LogP) is 11.2. The first-order valence-electron chi connectivity index (χ1n) is 25.1. The number of phosphoric ester groups is 1. The van der Waals surface area contributed by atoms with Crippen molar-refractivity contribution in [2.24, 2.45) is 0 Å². The number of carboxylic acids is 1. The number of carboxylic acid groups (broad SMARTS) is 1. The predicted molar refractivity (Wildman–Crippen MR) is 299 cm³/mol. The van der Waals surface area contributed by atoms with Crippen LogP contribution in [0.1, 0.15) is 55.2 Å². The average molecular weight is 1100 g/mol. The summed E-state index contributed by atoms with van der Waals surface area (Å²) in [5.41, 5.74) is 6.94. The van der Waals surface area contributed by atoms with Crippen LogP contribution in [0.5, 0.6) is 0 Å². The Hall–Kier alpha value is -5.65. The number of nitro benzene ring substituents is 1. The van der Waals surface area contributed by atoms with Crippen molar-refractivity contribution in [3.8, 4) is 22.4 Å². The summed E-state index contributed by atoms with van der Waals surface area (Å²) >= 11 is 7.92. The summed E-state index contributed by atoms with van der Waals surface area (Å²) in [4.78, 5) is 51.6. The number of carbonyl (C=O) groups is 1. The number of anilines is 4. The molecule has 2 atom stereocenters. The molecule has 0 unspecified atom stereocenters. The number of aromatic nitrogens is 1. The molecule has 0 saturated carbocycles. The van der Waals surface area contributed by atoms with Gasteiger partial charge in [-0.2, -0.15) is 0 Å². The van der Waals surface area contributed by atoms with Gasteiger partial charge >= 0.3 is 21.3 Å². The number of hydrogen-bond acceptors (Lipinski definition) is 12. The maximum Gasteiger partial charge on any atom is 0.469 e. The van der Waals surface area contributed by atoms with Gasteiger partial charge in [-0.3, -0.25) is 23.9 Å². The molecule has 0 amide bonds. The van der Waals surface area contributed by atoms with Crippen molar-refractivity contribution >= 4 is 78.4 Å². The van der Waals surface area contributed by atoms with Crippen LogP contribution in [-0.2, 0) is 18.2 Å². The van der Waals surface area contributed by atoms with Crippen LogP contribution in [0.15, 0.2) is 126 Å². The fourth-order valence-corrected chi connectivity index (χ4v) is 14.5. The Bertz CT molecular complexity index is 3090. The highest BCUT2D eigenvalue weighted by molar-refractivity contribution is 7.99. The molecule has 0 radical (unpaired) electrons. The number of phosphoric acid groups is 1. The number of nitrogens with zero attached hydrogens (tertiary/aromatic N) is 6. The minimum absolute atomic E-state index is 0.00489. The lowest BCUT2D eigenvalue weighted by Gasteiger charge is -2.37. The summed E-state index contributed by atoms with van der Waals surface area (Å²) in [5, 5.41) is 27.6. The third-order valence-electron chi connectivity index (χ3n) is 14.2. The number of hydrogen-bond donors (Lipinski definition) is 4. The van der Waals surface area contributed by atoms with Gasteiger partial charge in [-0.15, -0.1) is 11.8 Å². The van der Waals surface area contributed by atoms with E-state index in [1.165, 1.54) is 6.07 Å². The Kier molecular flexibility index (Phi) is 16.8. The number of benzene rings is 5. The molecule has 4 heterocycles. The maximum atomic E-state index is 14.9. The molecule has 17 nitrogen and oxygen atoms in total. The van der Waals surface area contributed by atoms with Gasteiger partial charge in [0.05, 0.1) is 40.7 Å². The molecule has 0 spiro atoms. The number of halogens is 1. The van der Waals surface area contributed by atoms with Crippen LogP contribution in [0.3, 0.4) is 0 Å². The van der Waals surface area contributed by atoms with Gasteiger partial charge < -0.3 is 44.0 Å². The van der Waals surface area contributed by atoms with Crippen molar-refractivity contribution in [3.63, 3.8) is 0 Å². The maximum absolute atomic E-state index is 14.9. The standard InChI is InChI=1S/C54H62ClN7O10P2S/c1-37(2)61-38(3)51(54(63)64)52(53(61)39-12-14-41(55)15-13-39)40-8-7-9-45(34-40)59-30-28-58(29-31-59)43-16-18-44(19-17-43)60-32-33-71-73(60,67)47-20-21-49(50(35-47)62(65)66)56-42(36-75-48-10-5-4-6-11-48)22-25-57-26-23-46(24-27-57)72-74(68,69)70/h4-21,34-35,37,42,46,56H,22-33,36H2,1-3H3,(H,63,64)(H2,68,69,70)/t42-,73-/m1/s1. The van der Waals surface area contributed by atoms with Crippen molar-refractivity contribution in [2.45, 2.75) is 63.1 Å². The van der Waals surface area contributed by atoms with Gasteiger partial charge in [0.1, 0.15) is 5.69 Å². The number of nitro groups is 1. The highest BCUT2D eigenvalue weighted by Gasteiger charge is 2.41. The van der Waals surface area contributed by atoms with E-state index in [-0.39, 0.29) is 35.2 Å². The molecule has 3 saturated heterocycles. The van der Waals surface area contributed by atoms with E-state index < -0.39 is 32.3 Å². The molecule has 3 aliphatic rings. The van der Waals surface area contributed by atoms with Crippen molar-refractivity contribution in [2.75, 3.05) is 84.5 Å². The molecule has 5 aromatic carbocycles. The molecule has 0 aliphatic carbocycles. The molecule has 75 heavy (non-hydrogen) atoms. The topological polar surface area (TPSA) is 203 Å². The molecule has 3 aliphatic heterocycles. The van der Waals surface area contributed by atoms with Gasteiger partial charge in [0.15, 0.2) is 0 Å². The minimum Gasteiger partial charge on any atom is -0.478 e. The fraction of sp³-hybridized carbons (Fsp3) is 0.352. The largest absolute Gasteiger partial charge is 0.478 e. The Morgan fingerprint density at radius 1 is 0.867 bits per heavy atom. The molecule has 6 aromatic rings. The minimum atomic E-state index is -4.57. The molecule has 9 rings (SSSR count). The van der Waals surface area contributed by atoms with Crippen LogP contribution in [-0.4, -0.2) is 112 Å². The summed E-state index contributed by atoms with van der Waals surface area (Å²) in [6.07, 6.45) is 1.09. The van der Waals surface area contributed by atoms with Crippen LogP contribution >= 0.6 is 38.7 Å². The average Bonchev–Trinajstić information content (AvgIpc) is 3.96. The SMILES string of the molecule is Cc1c(C(=O)O)c(-c2cccc(N3CCN(c4ccc(N5CCO[P@]5(=O)c5ccc(N[C@H](CCN6CCC(OP(=O)(O)O)CC6)CSc6ccccc6)c([N+](=O)[O-])c5)cc4)CC3)c2)c(-c2ccc(Cl)cc2)n1C(C)C. The molecular formula is C54H62ClN7O10P2S.